The number of piperazine rings is 1. The van der Waals surface area contributed by atoms with Crippen LogP contribution >= 0.6 is 0 Å². The highest BCUT2D eigenvalue weighted by molar-refractivity contribution is 6.20. The van der Waals surface area contributed by atoms with E-state index in [1.807, 2.05) is 19.9 Å². The van der Waals surface area contributed by atoms with E-state index in [-0.39, 0.29) is 23.9 Å². The molecule has 3 rings (SSSR count). The lowest BCUT2D eigenvalue weighted by atomic mass is 10.1. The lowest BCUT2D eigenvalue weighted by Gasteiger charge is -2.40. The Balaban J connectivity index is 1.79. The Morgan fingerprint density at radius 2 is 2.15 bits per heavy atom. The zero-order valence-electron chi connectivity index (χ0n) is 15.5. The van der Waals surface area contributed by atoms with Crippen molar-refractivity contribution in [2.24, 2.45) is 0 Å². The summed E-state index contributed by atoms with van der Waals surface area (Å²) >= 11 is 0. The summed E-state index contributed by atoms with van der Waals surface area (Å²) in [4.78, 5) is 37.4. The number of carbonyl (C=O) groups excluding carboxylic acids is 2. The minimum atomic E-state index is -0.111. The average molecular weight is 355 g/mol. The first-order valence-electron chi connectivity index (χ1n) is 8.96. The highest BCUT2D eigenvalue weighted by Gasteiger charge is 2.29. The van der Waals surface area contributed by atoms with Crippen LogP contribution in [-0.4, -0.2) is 58.4 Å². The third-order valence-electron chi connectivity index (χ3n) is 4.66. The molecule has 1 aromatic rings. The van der Waals surface area contributed by atoms with Crippen LogP contribution in [0.2, 0.25) is 0 Å². The van der Waals surface area contributed by atoms with E-state index in [1.165, 1.54) is 6.08 Å². The summed E-state index contributed by atoms with van der Waals surface area (Å²) in [5, 5.41) is 2.92. The molecule has 1 N–H and O–H groups in total. The van der Waals surface area contributed by atoms with Crippen molar-refractivity contribution in [3.8, 4) is 0 Å². The van der Waals surface area contributed by atoms with Gasteiger partial charge in [0.25, 0.3) is 5.91 Å². The summed E-state index contributed by atoms with van der Waals surface area (Å²) in [5.41, 5.74) is 2.09. The Morgan fingerprint density at radius 3 is 2.81 bits per heavy atom. The molecule has 0 radical (unpaired) electrons. The molecule has 0 aromatic carbocycles. The maximum Gasteiger partial charge on any atom is 0.253 e. The molecule has 1 saturated heterocycles. The molecule has 1 aliphatic carbocycles. The van der Waals surface area contributed by atoms with Gasteiger partial charge in [0, 0.05) is 38.1 Å². The summed E-state index contributed by atoms with van der Waals surface area (Å²) in [6, 6.07) is 0.178. The van der Waals surface area contributed by atoms with Gasteiger partial charge in [-0.05, 0) is 26.8 Å². The molecule has 1 fully saturated rings. The van der Waals surface area contributed by atoms with Crippen molar-refractivity contribution in [3.63, 3.8) is 0 Å². The van der Waals surface area contributed by atoms with Crippen molar-refractivity contribution >= 4 is 23.2 Å². The predicted octanol–water partition coefficient (Wildman–Crippen LogP) is 1.16. The number of allylic oxidation sites excluding steroid dienone is 1. The van der Waals surface area contributed by atoms with Gasteiger partial charge >= 0.3 is 0 Å². The fourth-order valence-corrected chi connectivity index (χ4v) is 3.37. The molecule has 2 heterocycles. The summed E-state index contributed by atoms with van der Waals surface area (Å²) < 4.78 is 0. The van der Waals surface area contributed by atoms with Crippen LogP contribution in [0.15, 0.2) is 24.9 Å². The van der Waals surface area contributed by atoms with E-state index in [1.54, 1.807) is 11.1 Å². The molecule has 0 unspecified atom stereocenters. The number of aromatic nitrogens is 2. The molecule has 2 aliphatic rings. The van der Waals surface area contributed by atoms with Crippen molar-refractivity contribution in [2.75, 3.05) is 24.5 Å². The number of hydrogen-bond donors (Lipinski definition) is 1. The monoisotopic (exact) mass is 355 g/mol. The van der Waals surface area contributed by atoms with Crippen molar-refractivity contribution < 1.29 is 9.59 Å². The van der Waals surface area contributed by atoms with Crippen LogP contribution in [-0.2, 0) is 16.0 Å². The van der Waals surface area contributed by atoms with Gasteiger partial charge in [-0.3, -0.25) is 14.6 Å². The molecule has 0 saturated carbocycles. The molecule has 7 heteroatoms. The van der Waals surface area contributed by atoms with Gasteiger partial charge in [-0.2, -0.15) is 0 Å². The van der Waals surface area contributed by atoms with E-state index in [0.717, 1.165) is 11.5 Å². The van der Waals surface area contributed by atoms with Gasteiger partial charge in [-0.25, -0.2) is 4.98 Å². The maximum absolute atomic E-state index is 12.4. The van der Waals surface area contributed by atoms with E-state index in [4.69, 9.17) is 4.98 Å². The second-order valence-corrected chi connectivity index (χ2v) is 7.00. The predicted molar refractivity (Wildman–Crippen MR) is 101 cm³/mol. The van der Waals surface area contributed by atoms with Gasteiger partial charge in [0.2, 0.25) is 5.91 Å². The molecule has 2 amide bonds. The van der Waals surface area contributed by atoms with Crippen LogP contribution in [0.1, 0.15) is 32.2 Å². The quantitative estimate of drug-likeness (QED) is 0.820. The molecule has 7 nitrogen and oxygen atoms in total. The van der Waals surface area contributed by atoms with Crippen LogP contribution in [0.4, 0.5) is 5.82 Å². The second kappa shape index (κ2) is 7.27. The number of rotatable bonds is 4. The van der Waals surface area contributed by atoms with Crippen molar-refractivity contribution in [2.45, 2.75) is 39.3 Å². The Kier molecular flexibility index (Phi) is 5.06. The summed E-state index contributed by atoms with van der Waals surface area (Å²) in [6.45, 7) is 11.4. The number of nitrogens with zero attached hydrogens (tertiary/aromatic N) is 4. The molecule has 138 valence electrons. The highest BCUT2D eigenvalue weighted by atomic mass is 16.2. The van der Waals surface area contributed by atoms with Crippen LogP contribution in [0.3, 0.4) is 0 Å². The third-order valence-corrected chi connectivity index (χ3v) is 4.66. The lowest BCUT2D eigenvalue weighted by molar-refractivity contribution is -0.126. The molecule has 1 atom stereocenters. The Hall–Kier alpha value is -2.70. The normalized spacial score (nSPS) is 19.2. The molecule has 26 heavy (non-hydrogen) atoms. The standard InChI is InChI=1S/C19H25N5O2/c1-5-17(25)23-8-9-24(13(4)11-23)16-10-20-15-7-6-14(18(15)22-16)19(26)21-12(2)3/h5-6,10,12-13H,1,7-9,11H2,2-4H3,(H,21,26)/t13-/m0/s1. The maximum atomic E-state index is 12.4. The van der Waals surface area contributed by atoms with Crippen molar-refractivity contribution in [1.82, 2.24) is 20.2 Å². The lowest BCUT2D eigenvalue weighted by Crippen LogP contribution is -2.53. The van der Waals surface area contributed by atoms with Gasteiger partial charge in [-0.1, -0.05) is 12.7 Å². The Morgan fingerprint density at radius 1 is 1.38 bits per heavy atom. The molecule has 1 aromatic heterocycles. The average Bonchev–Trinajstić information content (AvgIpc) is 3.03. The zero-order valence-corrected chi connectivity index (χ0v) is 15.5. The number of hydrogen-bond acceptors (Lipinski definition) is 5. The van der Waals surface area contributed by atoms with E-state index in [0.29, 0.717) is 37.3 Å². The fraction of sp³-hybridized carbons (Fsp3) is 0.474. The van der Waals surface area contributed by atoms with Gasteiger partial charge < -0.3 is 15.1 Å². The first-order valence-corrected chi connectivity index (χ1v) is 8.96. The topological polar surface area (TPSA) is 78.4 Å². The van der Waals surface area contributed by atoms with Crippen LogP contribution in [0.25, 0.3) is 5.57 Å². The molecule has 1 aliphatic heterocycles. The highest BCUT2D eigenvalue weighted by Crippen LogP contribution is 2.28. The summed E-state index contributed by atoms with van der Waals surface area (Å²) in [7, 11) is 0. The minimum Gasteiger partial charge on any atom is -0.350 e. The van der Waals surface area contributed by atoms with E-state index in [9.17, 15) is 9.59 Å². The van der Waals surface area contributed by atoms with Crippen LogP contribution in [0, 0.1) is 0 Å². The molecule has 0 spiro atoms. The molecular formula is C19H25N5O2. The smallest absolute Gasteiger partial charge is 0.253 e. The van der Waals surface area contributed by atoms with Gasteiger partial charge in [0.15, 0.2) is 0 Å². The fourth-order valence-electron chi connectivity index (χ4n) is 3.37. The van der Waals surface area contributed by atoms with Crippen molar-refractivity contribution in [1.29, 1.82) is 0 Å². The van der Waals surface area contributed by atoms with Gasteiger partial charge in [0.05, 0.1) is 23.2 Å². The first kappa shape index (κ1) is 18.1. The van der Waals surface area contributed by atoms with E-state index >= 15 is 0 Å². The number of amides is 2. The summed E-state index contributed by atoms with van der Waals surface area (Å²) in [5.74, 6) is 0.582. The summed E-state index contributed by atoms with van der Waals surface area (Å²) in [6.07, 6.45) is 5.62. The third kappa shape index (κ3) is 3.47. The zero-order chi connectivity index (χ0) is 18.8. The SMILES string of the molecule is C=CC(=O)N1CCN(c2cnc3c(n2)C(C(=O)NC(C)C)=CC3)[C@@H](C)C1. The van der Waals surface area contributed by atoms with Crippen LogP contribution < -0.4 is 10.2 Å². The number of carbonyl (C=O) groups is 2. The molecular weight excluding hydrogens is 330 g/mol. The van der Waals surface area contributed by atoms with E-state index < -0.39 is 0 Å². The van der Waals surface area contributed by atoms with Crippen LogP contribution in [0.5, 0.6) is 0 Å². The Labute approximate surface area is 153 Å². The number of nitrogens with one attached hydrogen (secondary N) is 1. The van der Waals surface area contributed by atoms with Gasteiger partial charge in [-0.15, -0.1) is 0 Å². The number of anilines is 1. The second-order valence-electron chi connectivity index (χ2n) is 7.00. The Bertz CT molecular complexity index is 771. The van der Waals surface area contributed by atoms with Gasteiger partial charge in [0.1, 0.15) is 5.82 Å². The minimum absolute atomic E-state index is 0.0490. The van der Waals surface area contributed by atoms with E-state index in [2.05, 4.69) is 28.7 Å². The number of fused-ring (bicyclic) bond motifs is 1. The largest absolute Gasteiger partial charge is 0.350 e. The first-order chi connectivity index (χ1) is 12.4. The van der Waals surface area contributed by atoms with Crippen molar-refractivity contribution in [3.05, 3.63) is 36.3 Å². The molecule has 0 bridgehead atoms.